The first-order chi connectivity index (χ1) is 9.72. The van der Waals surface area contributed by atoms with Crippen molar-refractivity contribution in [1.29, 1.82) is 0 Å². The normalized spacial score (nSPS) is 13.6. The molecule has 4 heteroatoms. The summed E-state index contributed by atoms with van der Waals surface area (Å²) in [5.74, 6) is 3.17. The van der Waals surface area contributed by atoms with Crippen molar-refractivity contribution in [2.45, 2.75) is 26.8 Å². The van der Waals surface area contributed by atoms with Crippen LogP contribution in [0.5, 0.6) is 5.75 Å². The molecule has 20 heavy (non-hydrogen) atoms. The fourth-order valence-corrected chi connectivity index (χ4v) is 2.33. The summed E-state index contributed by atoms with van der Waals surface area (Å²) in [6.45, 7) is 6.78. The Labute approximate surface area is 119 Å². The number of hydrogen-bond acceptors (Lipinski definition) is 4. The summed E-state index contributed by atoms with van der Waals surface area (Å²) in [7, 11) is 0. The van der Waals surface area contributed by atoms with Crippen molar-refractivity contribution in [2.75, 3.05) is 13.2 Å². The summed E-state index contributed by atoms with van der Waals surface area (Å²) in [6, 6.07) is 6.17. The third-order valence-corrected chi connectivity index (χ3v) is 3.36. The van der Waals surface area contributed by atoms with Gasteiger partial charge >= 0.3 is 0 Å². The van der Waals surface area contributed by atoms with E-state index in [2.05, 4.69) is 30.2 Å². The minimum Gasteiger partial charge on any atom is -0.493 e. The predicted octanol–water partition coefficient (Wildman–Crippen LogP) is 3.02. The molecule has 0 saturated carbocycles. The molecule has 0 saturated heterocycles. The molecule has 1 N–H and O–H groups in total. The summed E-state index contributed by atoms with van der Waals surface area (Å²) in [6.07, 6.45) is 2.77. The molecule has 0 spiro atoms. The molecule has 1 aromatic carbocycles. The van der Waals surface area contributed by atoms with E-state index in [1.807, 2.05) is 12.1 Å². The molecule has 4 nitrogen and oxygen atoms in total. The van der Waals surface area contributed by atoms with Crippen molar-refractivity contribution in [3.05, 3.63) is 35.9 Å². The topological polar surface area (TPSA) is 47.3 Å². The van der Waals surface area contributed by atoms with Gasteiger partial charge in [0, 0.05) is 12.0 Å². The third-order valence-electron chi connectivity index (χ3n) is 3.36. The number of benzene rings is 1. The van der Waals surface area contributed by atoms with Gasteiger partial charge < -0.3 is 14.5 Å². The Bertz CT molecular complexity index is 590. The smallest absolute Gasteiger partial charge is 0.208 e. The molecule has 2 heterocycles. The second-order valence-electron chi connectivity index (χ2n) is 5.56. The lowest BCUT2D eigenvalue weighted by molar-refractivity contribution is 0.357. The van der Waals surface area contributed by atoms with Crippen LogP contribution in [0.1, 0.15) is 25.3 Å². The van der Waals surface area contributed by atoms with E-state index in [-0.39, 0.29) is 0 Å². The molecule has 0 atom stereocenters. The van der Waals surface area contributed by atoms with Crippen LogP contribution in [-0.4, -0.2) is 18.1 Å². The number of hydrogen-bond donors (Lipinski definition) is 1. The molecule has 1 aliphatic heterocycles. The number of aromatic nitrogens is 1. The molecule has 0 bridgehead atoms. The first-order valence-electron chi connectivity index (χ1n) is 7.14. The molecule has 0 unspecified atom stereocenters. The largest absolute Gasteiger partial charge is 0.493 e. The predicted molar refractivity (Wildman–Crippen MR) is 77.7 cm³/mol. The fourth-order valence-electron chi connectivity index (χ4n) is 2.33. The van der Waals surface area contributed by atoms with E-state index in [9.17, 15) is 0 Å². The van der Waals surface area contributed by atoms with Gasteiger partial charge in [-0.3, -0.25) is 0 Å². The zero-order chi connectivity index (χ0) is 13.9. The third kappa shape index (κ3) is 2.85. The quantitative estimate of drug-likeness (QED) is 0.909. The summed E-state index contributed by atoms with van der Waals surface area (Å²) in [5, 5.41) is 3.33. The highest BCUT2D eigenvalue weighted by Gasteiger charge is 2.14. The summed E-state index contributed by atoms with van der Waals surface area (Å²) in [4.78, 5) is 4.32. The summed E-state index contributed by atoms with van der Waals surface area (Å²) in [5.41, 5.74) is 2.32. The number of nitrogens with one attached hydrogen (secondary N) is 1. The minimum atomic E-state index is 0.626. The Hall–Kier alpha value is -1.81. The van der Waals surface area contributed by atoms with Crippen LogP contribution in [0.15, 0.2) is 28.8 Å². The molecule has 2 aromatic rings. The second kappa shape index (κ2) is 5.67. The van der Waals surface area contributed by atoms with Crippen molar-refractivity contribution >= 4 is 0 Å². The lowest BCUT2D eigenvalue weighted by Crippen LogP contribution is -2.18. The highest BCUT2D eigenvalue weighted by Crippen LogP contribution is 2.30. The van der Waals surface area contributed by atoms with Gasteiger partial charge in [-0.25, -0.2) is 4.98 Å². The van der Waals surface area contributed by atoms with Crippen LogP contribution in [0, 0.1) is 5.92 Å². The maximum Gasteiger partial charge on any atom is 0.208 e. The molecule has 0 radical (unpaired) electrons. The maximum absolute atomic E-state index is 5.80. The Balaban J connectivity index is 1.70. The molecule has 3 rings (SSSR count). The number of rotatable bonds is 5. The van der Waals surface area contributed by atoms with E-state index in [0.717, 1.165) is 42.5 Å². The number of ether oxygens (including phenoxy) is 1. The van der Waals surface area contributed by atoms with Crippen molar-refractivity contribution in [3.8, 4) is 17.1 Å². The van der Waals surface area contributed by atoms with Gasteiger partial charge in [-0.05, 0) is 36.2 Å². The Morgan fingerprint density at radius 2 is 2.25 bits per heavy atom. The van der Waals surface area contributed by atoms with Crippen LogP contribution in [0.25, 0.3) is 11.3 Å². The highest BCUT2D eigenvalue weighted by molar-refractivity contribution is 5.60. The lowest BCUT2D eigenvalue weighted by Gasteiger charge is -2.04. The average molecular weight is 272 g/mol. The van der Waals surface area contributed by atoms with Crippen LogP contribution in [0.4, 0.5) is 0 Å². The van der Waals surface area contributed by atoms with Crippen LogP contribution in [0.3, 0.4) is 0 Å². The minimum absolute atomic E-state index is 0.626. The Morgan fingerprint density at radius 1 is 1.35 bits per heavy atom. The van der Waals surface area contributed by atoms with Crippen LogP contribution < -0.4 is 10.1 Å². The monoisotopic (exact) mass is 272 g/mol. The van der Waals surface area contributed by atoms with E-state index in [1.54, 1.807) is 6.20 Å². The first-order valence-corrected chi connectivity index (χ1v) is 7.14. The van der Waals surface area contributed by atoms with E-state index in [0.29, 0.717) is 12.5 Å². The van der Waals surface area contributed by atoms with Crippen LogP contribution in [-0.2, 0) is 13.0 Å². The van der Waals surface area contributed by atoms with Gasteiger partial charge in [0.2, 0.25) is 5.89 Å². The molecule has 1 aliphatic rings. The average Bonchev–Trinajstić information content (AvgIpc) is 3.05. The molecule has 0 amide bonds. The van der Waals surface area contributed by atoms with Gasteiger partial charge in [-0.2, -0.15) is 0 Å². The molecule has 0 aliphatic carbocycles. The van der Waals surface area contributed by atoms with Crippen LogP contribution in [0.2, 0.25) is 0 Å². The first kappa shape index (κ1) is 13.2. The van der Waals surface area contributed by atoms with E-state index < -0.39 is 0 Å². The summed E-state index contributed by atoms with van der Waals surface area (Å²) >= 11 is 0. The standard InChI is InChI=1S/C16H20N2O2/c1-11(2)8-17-10-16-18-9-15(20-16)12-3-4-14-13(7-12)5-6-19-14/h3-4,7,9,11,17H,5-6,8,10H2,1-2H3. The van der Waals surface area contributed by atoms with Crippen molar-refractivity contribution in [1.82, 2.24) is 10.3 Å². The van der Waals surface area contributed by atoms with Gasteiger partial charge in [0.25, 0.3) is 0 Å². The van der Waals surface area contributed by atoms with Crippen LogP contribution >= 0.6 is 0 Å². The number of nitrogens with zero attached hydrogens (tertiary/aromatic N) is 1. The van der Waals surface area contributed by atoms with Gasteiger partial charge in [-0.15, -0.1) is 0 Å². The van der Waals surface area contributed by atoms with Gasteiger partial charge in [-0.1, -0.05) is 13.8 Å². The van der Waals surface area contributed by atoms with Crippen molar-refractivity contribution < 1.29 is 9.15 Å². The SMILES string of the molecule is CC(C)CNCc1ncc(-c2ccc3c(c2)CCO3)o1. The number of fused-ring (bicyclic) bond motifs is 1. The Morgan fingerprint density at radius 3 is 3.10 bits per heavy atom. The molecule has 0 fully saturated rings. The molecule has 106 valence electrons. The second-order valence-corrected chi connectivity index (χ2v) is 5.56. The maximum atomic E-state index is 5.80. The molecular formula is C16H20N2O2. The molecule has 1 aromatic heterocycles. The van der Waals surface area contributed by atoms with Gasteiger partial charge in [0.1, 0.15) is 5.75 Å². The zero-order valence-electron chi connectivity index (χ0n) is 12.0. The summed E-state index contributed by atoms with van der Waals surface area (Å²) < 4.78 is 11.3. The number of oxazole rings is 1. The van der Waals surface area contributed by atoms with E-state index >= 15 is 0 Å². The molecular weight excluding hydrogens is 252 g/mol. The van der Waals surface area contributed by atoms with Gasteiger partial charge in [0.15, 0.2) is 5.76 Å². The Kier molecular flexibility index (Phi) is 3.74. The van der Waals surface area contributed by atoms with E-state index in [1.165, 1.54) is 5.56 Å². The zero-order valence-corrected chi connectivity index (χ0v) is 12.0. The lowest BCUT2D eigenvalue weighted by atomic mass is 10.1. The fraction of sp³-hybridized carbons (Fsp3) is 0.438. The highest BCUT2D eigenvalue weighted by atomic mass is 16.5. The van der Waals surface area contributed by atoms with Crippen molar-refractivity contribution in [2.24, 2.45) is 5.92 Å². The van der Waals surface area contributed by atoms with E-state index in [4.69, 9.17) is 9.15 Å². The van der Waals surface area contributed by atoms with Crippen molar-refractivity contribution in [3.63, 3.8) is 0 Å². The van der Waals surface area contributed by atoms with Gasteiger partial charge in [0.05, 0.1) is 19.3 Å².